The van der Waals surface area contributed by atoms with Crippen molar-refractivity contribution in [2.24, 2.45) is 18.4 Å². The van der Waals surface area contributed by atoms with Crippen LogP contribution in [0.15, 0.2) is 12.4 Å². The van der Waals surface area contributed by atoms with Crippen molar-refractivity contribution in [3.63, 3.8) is 0 Å². The first kappa shape index (κ1) is 12.4. The molecule has 3 aliphatic rings. The van der Waals surface area contributed by atoms with Gasteiger partial charge in [-0.15, -0.1) is 0 Å². The fourth-order valence-electron chi connectivity index (χ4n) is 3.77. The summed E-state index contributed by atoms with van der Waals surface area (Å²) in [6, 6.07) is 0. The van der Waals surface area contributed by atoms with Crippen LogP contribution in [0.5, 0.6) is 0 Å². The fourth-order valence-corrected chi connectivity index (χ4v) is 3.77. The zero-order valence-corrected chi connectivity index (χ0v) is 12.1. The van der Waals surface area contributed by atoms with Crippen molar-refractivity contribution in [2.75, 3.05) is 31.1 Å². The first-order chi connectivity index (χ1) is 9.66. The van der Waals surface area contributed by atoms with Gasteiger partial charge < -0.3 is 9.80 Å². The summed E-state index contributed by atoms with van der Waals surface area (Å²) in [6.45, 7) is 4.13. The van der Waals surface area contributed by atoms with Gasteiger partial charge in [0.15, 0.2) is 0 Å². The van der Waals surface area contributed by atoms with Gasteiger partial charge >= 0.3 is 0 Å². The Morgan fingerprint density at radius 3 is 2.85 bits per heavy atom. The molecule has 5 heteroatoms. The lowest BCUT2D eigenvalue weighted by atomic mass is 9.85. The Hall–Kier alpha value is -1.36. The highest BCUT2D eigenvalue weighted by Crippen LogP contribution is 2.43. The number of anilines is 1. The summed E-state index contributed by atoms with van der Waals surface area (Å²) in [4.78, 5) is 17.3. The van der Waals surface area contributed by atoms with Crippen LogP contribution in [-0.4, -0.2) is 46.8 Å². The molecule has 1 atom stereocenters. The number of amides is 1. The minimum absolute atomic E-state index is 0.106. The summed E-state index contributed by atoms with van der Waals surface area (Å²) < 4.78 is 1.77. The Kier molecular flexibility index (Phi) is 2.67. The number of nitrogens with zero attached hydrogens (tertiary/aromatic N) is 4. The maximum Gasteiger partial charge on any atom is 0.234 e. The first-order valence-corrected chi connectivity index (χ1v) is 7.69. The molecule has 1 aliphatic carbocycles. The molecule has 0 radical (unpaired) electrons. The van der Waals surface area contributed by atoms with Crippen molar-refractivity contribution in [2.45, 2.75) is 25.7 Å². The van der Waals surface area contributed by atoms with Crippen LogP contribution in [0.25, 0.3) is 0 Å². The second-order valence-electron chi connectivity index (χ2n) is 6.79. The van der Waals surface area contributed by atoms with Gasteiger partial charge in [-0.1, -0.05) is 0 Å². The molecule has 0 bridgehead atoms. The average Bonchev–Trinajstić information content (AvgIpc) is 2.84. The van der Waals surface area contributed by atoms with Gasteiger partial charge in [0.05, 0.1) is 17.3 Å². The van der Waals surface area contributed by atoms with Gasteiger partial charge in [-0.3, -0.25) is 9.48 Å². The summed E-state index contributed by atoms with van der Waals surface area (Å²) >= 11 is 0. The Morgan fingerprint density at radius 1 is 1.35 bits per heavy atom. The summed E-state index contributed by atoms with van der Waals surface area (Å²) in [5.41, 5.74) is 0.847. The third-order valence-corrected chi connectivity index (χ3v) is 5.16. The number of aryl methyl sites for hydroxylation is 1. The SMILES string of the molecule is Cn1cc(N2CC[C@@]3(CCN(CC4CC4)C3)C2=O)cn1. The lowest BCUT2D eigenvalue weighted by Gasteiger charge is -2.23. The molecular formula is C15H22N4O. The van der Waals surface area contributed by atoms with Crippen LogP contribution in [0.4, 0.5) is 5.69 Å². The van der Waals surface area contributed by atoms with E-state index < -0.39 is 0 Å². The Labute approximate surface area is 119 Å². The van der Waals surface area contributed by atoms with Crippen LogP contribution in [-0.2, 0) is 11.8 Å². The van der Waals surface area contributed by atoms with Crippen LogP contribution in [0.2, 0.25) is 0 Å². The molecular weight excluding hydrogens is 252 g/mol. The molecule has 2 aliphatic heterocycles. The molecule has 0 aromatic carbocycles. The zero-order valence-electron chi connectivity index (χ0n) is 12.1. The van der Waals surface area contributed by atoms with E-state index >= 15 is 0 Å². The average molecular weight is 274 g/mol. The van der Waals surface area contributed by atoms with Crippen molar-refractivity contribution in [1.82, 2.24) is 14.7 Å². The predicted molar refractivity (Wildman–Crippen MR) is 76.4 cm³/mol. The summed E-state index contributed by atoms with van der Waals surface area (Å²) in [5, 5.41) is 4.19. The maximum atomic E-state index is 12.8. The van der Waals surface area contributed by atoms with Crippen LogP contribution in [0, 0.1) is 11.3 Å². The molecule has 1 saturated carbocycles. The largest absolute Gasteiger partial charge is 0.309 e. The third kappa shape index (κ3) is 1.95. The van der Waals surface area contributed by atoms with Gasteiger partial charge in [-0.25, -0.2) is 0 Å². The van der Waals surface area contributed by atoms with E-state index in [2.05, 4.69) is 10.00 Å². The lowest BCUT2D eigenvalue weighted by Crippen LogP contribution is -2.37. The minimum Gasteiger partial charge on any atom is -0.309 e. The van der Waals surface area contributed by atoms with Crippen LogP contribution < -0.4 is 4.90 Å². The molecule has 0 unspecified atom stereocenters. The lowest BCUT2D eigenvalue weighted by molar-refractivity contribution is -0.125. The summed E-state index contributed by atoms with van der Waals surface area (Å²) in [7, 11) is 1.90. The van der Waals surface area contributed by atoms with E-state index in [0.717, 1.165) is 44.1 Å². The number of aromatic nitrogens is 2. The van der Waals surface area contributed by atoms with Crippen LogP contribution in [0.3, 0.4) is 0 Å². The van der Waals surface area contributed by atoms with E-state index in [1.807, 2.05) is 18.1 Å². The smallest absolute Gasteiger partial charge is 0.234 e. The highest BCUT2D eigenvalue weighted by molar-refractivity contribution is 6.00. The second kappa shape index (κ2) is 4.32. The van der Waals surface area contributed by atoms with E-state index in [9.17, 15) is 4.79 Å². The molecule has 3 fully saturated rings. The minimum atomic E-state index is -0.106. The highest BCUT2D eigenvalue weighted by Gasteiger charge is 2.51. The van der Waals surface area contributed by atoms with Gasteiger partial charge in [-0.05, 0) is 38.1 Å². The molecule has 1 aromatic rings. The Morgan fingerprint density at radius 2 is 2.15 bits per heavy atom. The van der Waals surface area contributed by atoms with Crippen LogP contribution >= 0.6 is 0 Å². The number of rotatable bonds is 3. The van der Waals surface area contributed by atoms with E-state index in [4.69, 9.17) is 0 Å². The second-order valence-corrected chi connectivity index (χ2v) is 6.79. The molecule has 0 N–H and O–H groups in total. The monoisotopic (exact) mass is 274 g/mol. The zero-order chi connectivity index (χ0) is 13.7. The number of hydrogen-bond donors (Lipinski definition) is 0. The van der Waals surface area contributed by atoms with Crippen molar-refractivity contribution >= 4 is 11.6 Å². The number of hydrogen-bond acceptors (Lipinski definition) is 3. The molecule has 1 spiro atoms. The number of carbonyl (C=O) groups is 1. The summed E-state index contributed by atoms with van der Waals surface area (Å²) in [6.07, 6.45) is 8.55. The van der Waals surface area contributed by atoms with Gasteiger partial charge in [0, 0.05) is 32.9 Å². The number of carbonyl (C=O) groups excluding carboxylic acids is 1. The standard InChI is InChI=1S/C15H22N4O/c1-17-10-13(8-16-17)19-7-5-15(14(19)20)4-6-18(11-15)9-12-2-3-12/h8,10,12H,2-7,9,11H2,1H3/t15-/m1/s1. The van der Waals surface area contributed by atoms with E-state index in [1.165, 1.54) is 19.4 Å². The highest BCUT2D eigenvalue weighted by atomic mass is 16.2. The molecule has 2 saturated heterocycles. The fraction of sp³-hybridized carbons (Fsp3) is 0.733. The molecule has 20 heavy (non-hydrogen) atoms. The van der Waals surface area contributed by atoms with E-state index in [-0.39, 0.29) is 5.41 Å². The molecule has 1 aromatic heterocycles. The van der Waals surface area contributed by atoms with E-state index in [0.29, 0.717) is 5.91 Å². The van der Waals surface area contributed by atoms with Gasteiger partial charge in [-0.2, -0.15) is 5.10 Å². The van der Waals surface area contributed by atoms with Gasteiger partial charge in [0.2, 0.25) is 5.91 Å². The van der Waals surface area contributed by atoms with Crippen molar-refractivity contribution in [3.05, 3.63) is 12.4 Å². The first-order valence-electron chi connectivity index (χ1n) is 7.69. The Bertz CT molecular complexity index is 536. The quantitative estimate of drug-likeness (QED) is 0.833. The Balaban J connectivity index is 1.49. The third-order valence-electron chi connectivity index (χ3n) is 5.16. The summed E-state index contributed by atoms with van der Waals surface area (Å²) in [5.74, 6) is 1.24. The van der Waals surface area contributed by atoms with Crippen molar-refractivity contribution < 1.29 is 4.79 Å². The molecule has 5 nitrogen and oxygen atoms in total. The van der Waals surface area contributed by atoms with Gasteiger partial charge in [0.1, 0.15) is 0 Å². The van der Waals surface area contributed by atoms with E-state index in [1.54, 1.807) is 10.9 Å². The topological polar surface area (TPSA) is 41.4 Å². The molecule has 1 amide bonds. The van der Waals surface area contributed by atoms with Crippen molar-refractivity contribution in [1.29, 1.82) is 0 Å². The van der Waals surface area contributed by atoms with Crippen molar-refractivity contribution in [3.8, 4) is 0 Å². The number of likely N-dealkylation sites (tertiary alicyclic amines) is 1. The maximum absolute atomic E-state index is 12.8. The van der Waals surface area contributed by atoms with Crippen LogP contribution in [0.1, 0.15) is 25.7 Å². The molecule has 4 rings (SSSR count). The normalized spacial score (nSPS) is 30.9. The molecule has 108 valence electrons. The predicted octanol–water partition coefficient (Wildman–Crippen LogP) is 1.26. The van der Waals surface area contributed by atoms with Gasteiger partial charge in [0.25, 0.3) is 0 Å². The molecule has 3 heterocycles.